The summed E-state index contributed by atoms with van der Waals surface area (Å²) in [6.07, 6.45) is 0. The number of carbonyl (C=O) groups is 1. The number of aliphatic hydroxyl groups is 1. The summed E-state index contributed by atoms with van der Waals surface area (Å²) in [7, 11) is 29.4. The smallest absolute Gasteiger partial charge is 0.302 e. The molecule has 1 aromatic carbocycles. The first kappa shape index (κ1) is 17.1. The lowest BCUT2D eigenvalue weighted by molar-refractivity contribution is -0.178. The first-order valence-corrected chi connectivity index (χ1v) is 6.32. The van der Waals surface area contributed by atoms with Crippen molar-refractivity contribution in [2.75, 3.05) is 7.05 Å². The van der Waals surface area contributed by atoms with Crippen LogP contribution in [0.4, 0.5) is 0 Å². The summed E-state index contributed by atoms with van der Waals surface area (Å²) in [4.78, 5) is 13.7. The third kappa shape index (κ3) is 3.08. The number of likely N-dealkylation sites (N-methyl/N-ethyl adjacent to an activating group) is 1. The molecule has 0 amide bonds. The normalized spacial score (nSPS) is 23.3. The molecule has 10 heteroatoms. The molecule has 2 rings (SSSR count). The summed E-state index contributed by atoms with van der Waals surface area (Å²) in [5.41, 5.74) is -1.40. The molecule has 1 aliphatic heterocycles. The molecule has 5 nitrogen and oxygen atoms in total. The summed E-state index contributed by atoms with van der Waals surface area (Å²) >= 11 is 0. The van der Waals surface area contributed by atoms with Crippen LogP contribution in [-0.2, 0) is 0 Å². The molecular formula is C12H10B5NO4. The number of ketones is 1. The summed E-state index contributed by atoms with van der Waals surface area (Å²) in [6, 6.07) is 4.20. The van der Waals surface area contributed by atoms with Crippen molar-refractivity contribution in [2.45, 2.75) is 23.5 Å². The lowest BCUT2D eigenvalue weighted by atomic mass is 9.46. The highest BCUT2D eigenvalue weighted by molar-refractivity contribution is 6.59. The minimum absolute atomic E-state index is 0.105. The van der Waals surface area contributed by atoms with Gasteiger partial charge in [0.1, 0.15) is 7.85 Å². The molecule has 0 spiro atoms. The zero-order chi connectivity index (χ0) is 16.9. The molecular weight excluding hydrogens is 276 g/mol. The third-order valence-corrected chi connectivity index (χ3v) is 3.46. The monoisotopic (exact) mass is 287 g/mol. The number of ether oxygens (including phenoxy) is 2. The zero-order valence-corrected chi connectivity index (χ0v) is 12.2. The van der Waals surface area contributed by atoms with E-state index < -0.39 is 22.3 Å². The van der Waals surface area contributed by atoms with Crippen molar-refractivity contribution in [1.82, 2.24) is 4.90 Å². The van der Waals surface area contributed by atoms with Crippen molar-refractivity contribution in [2.24, 2.45) is 0 Å². The number of hydrogen-bond acceptors (Lipinski definition) is 5. The average Bonchev–Trinajstić information content (AvgIpc) is 2.68. The zero-order valence-electron chi connectivity index (χ0n) is 12.2. The lowest BCUT2D eigenvalue weighted by Crippen LogP contribution is -2.62. The molecule has 0 aromatic heterocycles. The SMILES string of the molecule is [B]C1(O)Oc2ccc(C(=O)C([B])(C)N(C)C([B])([B])[B])cc2O1. The van der Waals surface area contributed by atoms with Gasteiger partial charge in [-0.1, -0.05) is 5.24 Å². The van der Waals surface area contributed by atoms with Crippen molar-refractivity contribution in [3.63, 3.8) is 0 Å². The van der Waals surface area contributed by atoms with Crippen LogP contribution >= 0.6 is 0 Å². The van der Waals surface area contributed by atoms with Crippen molar-refractivity contribution in [3.05, 3.63) is 23.8 Å². The average molecular weight is 286 g/mol. The van der Waals surface area contributed by atoms with Crippen LogP contribution in [0.5, 0.6) is 11.5 Å². The van der Waals surface area contributed by atoms with Crippen molar-refractivity contribution in [3.8, 4) is 11.5 Å². The van der Waals surface area contributed by atoms with Crippen LogP contribution in [0, 0.1) is 0 Å². The Morgan fingerprint density at radius 1 is 1.23 bits per heavy atom. The van der Waals surface area contributed by atoms with E-state index in [0.717, 1.165) is 4.90 Å². The number of benzene rings is 1. The molecule has 10 radical (unpaired) electrons. The molecule has 0 saturated heterocycles. The maximum Gasteiger partial charge on any atom is 0.302 e. The summed E-state index contributed by atoms with van der Waals surface area (Å²) in [5.74, 6) is -2.49. The first-order chi connectivity index (χ1) is 9.84. The van der Waals surface area contributed by atoms with Gasteiger partial charge in [-0.05, 0) is 32.2 Å². The summed E-state index contributed by atoms with van der Waals surface area (Å²) < 4.78 is 9.87. The van der Waals surface area contributed by atoms with Crippen LogP contribution in [-0.4, -0.2) is 78.6 Å². The third-order valence-electron chi connectivity index (χ3n) is 3.46. The van der Waals surface area contributed by atoms with Gasteiger partial charge in [0.25, 0.3) is 0 Å². The Balaban J connectivity index is 2.32. The maximum absolute atomic E-state index is 12.6. The van der Waals surface area contributed by atoms with Crippen molar-refractivity contribution >= 4 is 45.0 Å². The predicted octanol–water partition coefficient (Wildman–Crippen LogP) is -1.65. The molecule has 0 fully saturated rings. The Morgan fingerprint density at radius 3 is 2.32 bits per heavy atom. The molecule has 0 bridgehead atoms. The van der Waals surface area contributed by atoms with Crippen LogP contribution < -0.4 is 9.47 Å². The second kappa shape index (κ2) is 5.13. The van der Waals surface area contributed by atoms with E-state index in [-0.39, 0.29) is 17.1 Å². The van der Waals surface area contributed by atoms with E-state index in [0.29, 0.717) is 0 Å². The van der Waals surface area contributed by atoms with E-state index in [1.165, 1.54) is 32.2 Å². The molecule has 102 valence electrons. The van der Waals surface area contributed by atoms with E-state index in [1.807, 2.05) is 0 Å². The van der Waals surface area contributed by atoms with E-state index >= 15 is 0 Å². The fourth-order valence-corrected chi connectivity index (χ4v) is 2.00. The second-order valence-corrected chi connectivity index (χ2v) is 5.42. The van der Waals surface area contributed by atoms with Gasteiger partial charge in [0, 0.05) is 11.0 Å². The maximum atomic E-state index is 12.6. The number of nitrogens with zero attached hydrogens (tertiary/aromatic N) is 1. The van der Waals surface area contributed by atoms with Gasteiger partial charge in [0.15, 0.2) is 17.3 Å². The molecule has 2 atom stereocenters. The Kier molecular flexibility index (Phi) is 3.99. The summed E-state index contributed by atoms with van der Waals surface area (Å²) in [6.45, 7) is 1.42. The highest BCUT2D eigenvalue weighted by Gasteiger charge is 2.38. The van der Waals surface area contributed by atoms with Gasteiger partial charge in [-0.2, -0.15) is 0 Å². The van der Waals surface area contributed by atoms with E-state index in [2.05, 4.69) is 0 Å². The topological polar surface area (TPSA) is 59.0 Å². The first-order valence-electron chi connectivity index (χ1n) is 6.32. The molecule has 1 aromatic rings. The Morgan fingerprint density at radius 2 is 1.77 bits per heavy atom. The largest absolute Gasteiger partial charge is 0.435 e. The van der Waals surface area contributed by atoms with Crippen molar-refractivity contribution < 1.29 is 19.4 Å². The van der Waals surface area contributed by atoms with Gasteiger partial charge in [0.05, 0.1) is 23.5 Å². The fourth-order valence-electron chi connectivity index (χ4n) is 2.00. The van der Waals surface area contributed by atoms with E-state index in [9.17, 15) is 9.90 Å². The van der Waals surface area contributed by atoms with Gasteiger partial charge in [-0.25, -0.2) is 0 Å². The molecule has 2 unspecified atom stereocenters. The number of carbonyl (C=O) groups excluding carboxylic acids is 1. The van der Waals surface area contributed by atoms with Crippen LogP contribution in [0.1, 0.15) is 17.3 Å². The molecule has 0 saturated carbocycles. The number of hydrogen-bond donors (Lipinski definition) is 1. The predicted molar refractivity (Wildman–Crippen MR) is 84.6 cm³/mol. The fraction of sp³-hybridized carbons (Fsp3) is 0.417. The lowest BCUT2D eigenvalue weighted by Gasteiger charge is -2.45. The van der Waals surface area contributed by atoms with Gasteiger partial charge in [-0.15, -0.1) is 0 Å². The highest BCUT2D eigenvalue weighted by Crippen LogP contribution is 2.38. The van der Waals surface area contributed by atoms with E-state index in [1.54, 1.807) is 0 Å². The quantitative estimate of drug-likeness (QED) is 0.531. The Bertz CT molecular complexity index is 614. The molecule has 0 aliphatic carbocycles. The minimum atomic E-state index is -2.27. The number of rotatable bonds is 4. The Hall–Kier alpha value is -1.27. The van der Waals surface area contributed by atoms with Gasteiger partial charge in [-0.3, -0.25) is 4.79 Å². The van der Waals surface area contributed by atoms with E-state index in [4.69, 9.17) is 48.7 Å². The van der Waals surface area contributed by atoms with Crippen LogP contribution in [0.15, 0.2) is 18.2 Å². The summed E-state index contributed by atoms with van der Waals surface area (Å²) in [5, 5.41) is 7.68. The molecule has 1 heterocycles. The van der Waals surface area contributed by atoms with Gasteiger partial charge in [0.2, 0.25) is 7.85 Å². The van der Waals surface area contributed by atoms with Crippen LogP contribution in [0.3, 0.4) is 0 Å². The molecule has 1 aliphatic rings. The van der Waals surface area contributed by atoms with Gasteiger partial charge < -0.3 is 19.5 Å². The minimum Gasteiger partial charge on any atom is -0.435 e. The second-order valence-electron chi connectivity index (χ2n) is 5.42. The van der Waals surface area contributed by atoms with Gasteiger partial charge >= 0.3 is 5.87 Å². The van der Waals surface area contributed by atoms with Crippen LogP contribution in [0.2, 0.25) is 0 Å². The number of fused-ring (bicyclic) bond motifs is 1. The van der Waals surface area contributed by atoms with Crippen molar-refractivity contribution in [1.29, 1.82) is 0 Å². The Labute approximate surface area is 135 Å². The van der Waals surface area contributed by atoms with Crippen LogP contribution in [0.25, 0.3) is 0 Å². The molecule has 1 N–H and O–H groups in total. The highest BCUT2D eigenvalue weighted by atomic mass is 16.8. The number of Topliss-reactive ketones (excluding diaryl/α,β-unsaturated/α-hetero) is 1. The molecule has 22 heavy (non-hydrogen) atoms. The standard InChI is InChI=1S/C12H10B5NO4/c1-10(13,18(2)11(14,15)16)9(19)6-3-4-7-8(5-6)22-12(17,20)21-7/h3-5,20H,1-2H3.